The molecule has 2 heterocycles. The van der Waals surface area contributed by atoms with E-state index in [0.29, 0.717) is 17.0 Å². The van der Waals surface area contributed by atoms with Gasteiger partial charge in [-0.2, -0.15) is 0 Å². The molecule has 2 aromatic carbocycles. The Bertz CT molecular complexity index is 1200. The fourth-order valence-electron chi connectivity index (χ4n) is 3.70. The number of tetrazole rings is 1. The van der Waals surface area contributed by atoms with Crippen molar-refractivity contribution in [3.8, 4) is 5.69 Å². The highest BCUT2D eigenvalue weighted by atomic mass is 16.3. The second-order valence-electron chi connectivity index (χ2n) is 7.51. The molecule has 1 aliphatic carbocycles. The Kier molecular flexibility index (Phi) is 4.91. The van der Waals surface area contributed by atoms with Gasteiger partial charge in [0.25, 0.3) is 17.6 Å². The quantitative estimate of drug-likeness (QED) is 0.516. The number of benzene rings is 2. The lowest BCUT2D eigenvalue weighted by Crippen LogP contribution is -2.33. The van der Waals surface area contributed by atoms with Crippen LogP contribution in [0.5, 0.6) is 0 Å². The summed E-state index contributed by atoms with van der Waals surface area (Å²) in [6, 6.07) is 16.2. The van der Waals surface area contributed by atoms with Crippen LogP contribution in [0.15, 0.2) is 59.0 Å². The van der Waals surface area contributed by atoms with E-state index in [1.54, 1.807) is 30.3 Å². The lowest BCUT2D eigenvalue weighted by Gasteiger charge is -2.08. The number of hydrogen-bond donors (Lipinski definition) is 2. The first-order valence-electron chi connectivity index (χ1n) is 10.2. The molecule has 1 saturated carbocycles. The molecule has 31 heavy (non-hydrogen) atoms. The summed E-state index contributed by atoms with van der Waals surface area (Å²) in [6.45, 7) is 0. The summed E-state index contributed by atoms with van der Waals surface area (Å²) in [7, 11) is 0. The van der Waals surface area contributed by atoms with Crippen LogP contribution in [-0.2, 0) is 0 Å². The summed E-state index contributed by atoms with van der Waals surface area (Å²) in [5.41, 5.74) is 1.87. The van der Waals surface area contributed by atoms with Gasteiger partial charge in [-0.15, -0.1) is 15.0 Å². The summed E-state index contributed by atoms with van der Waals surface area (Å²) >= 11 is 0. The van der Waals surface area contributed by atoms with Gasteiger partial charge in [-0.05, 0) is 54.5 Å². The second-order valence-corrected chi connectivity index (χ2v) is 7.51. The van der Waals surface area contributed by atoms with Crippen molar-refractivity contribution in [1.29, 1.82) is 0 Å². The van der Waals surface area contributed by atoms with Crippen molar-refractivity contribution in [1.82, 2.24) is 25.5 Å². The van der Waals surface area contributed by atoms with Crippen molar-refractivity contribution in [2.45, 2.75) is 31.7 Å². The Hall–Kier alpha value is -4.01. The SMILES string of the molecule is O=C(NC1CCCC1)c1nnn(-c2ccc(NC(=O)c3cc4ccccc4o3)cc2)n1. The van der Waals surface area contributed by atoms with E-state index in [9.17, 15) is 9.59 Å². The standard InChI is InChI=1S/C22H20N6O3/c29-21(19-13-14-5-1-4-8-18(14)31-19)23-16-9-11-17(12-10-16)28-26-20(25-27-28)22(30)24-15-6-2-3-7-15/h1,4-5,8-13,15H,2-3,6-7H2,(H,23,29)(H,24,30). The number of rotatable bonds is 5. The van der Waals surface area contributed by atoms with Gasteiger partial charge in [0.15, 0.2) is 5.76 Å². The number of anilines is 1. The van der Waals surface area contributed by atoms with E-state index in [2.05, 4.69) is 26.0 Å². The maximum absolute atomic E-state index is 12.5. The Morgan fingerprint density at radius 1 is 1.00 bits per heavy atom. The van der Waals surface area contributed by atoms with Crippen LogP contribution in [0, 0.1) is 0 Å². The molecule has 0 radical (unpaired) electrons. The zero-order valence-electron chi connectivity index (χ0n) is 16.6. The molecule has 0 aliphatic heterocycles. The van der Waals surface area contributed by atoms with E-state index < -0.39 is 0 Å². The van der Waals surface area contributed by atoms with Crippen LogP contribution in [-0.4, -0.2) is 38.1 Å². The molecular weight excluding hydrogens is 396 g/mol. The molecule has 2 amide bonds. The lowest BCUT2D eigenvalue weighted by atomic mass is 10.2. The van der Waals surface area contributed by atoms with Gasteiger partial charge in [0.2, 0.25) is 0 Å². The Labute approximate surface area is 177 Å². The Morgan fingerprint density at radius 2 is 1.77 bits per heavy atom. The van der Waals surface area contributed by atoms with Gasteiger partial charge in [0, 0.05) is 17.1 Å². The third-order valence-corrected chi connectivity index (χ3v) is 5.31. The number of fused-ring (bicyclic) bond motifs is 1. The molecule has 9 heteroatoms. The highest BCUT2D eigenvalue weighted by Gasteiger charge is 2.21. The summed E-state index contributed by atoms with van der Waals surface area (Å²) < 4.78 is 5.59. The van der Waals surface area contributed by atoms with Crippen LogP contribution in [0.25, 0.3) is 16.7 Å². The van der Waals surface area contributed by atoms with Crippen LogP contribution in [0.2, 0.25) is 0 Å². The van der Waals surface area contributed by atoms with Crippen LogP contribution >= 0.6 is 0 Å². The van der Waals surface area contributed by atoms with E-state index in [1.807, 2.05) is 24.3 Å². The topological polar surface area (TPSA) is 115 Å². The van der Waals surface area contributed by atoms with Crippen LogP contribution in [0.3, 0.4) is 0 Å². The minimum absolute atomic E-state index is 0.0363. The summed E-state index contributed by atoms with van der Waals surface area (Å²) in [4.78, 5) is 26.0. The first kappa shape index (κ1) is 19.0. The van der Waals surface area contributed by atoms with Crippen LogP contribution in [0.1, 0.15) is 46.9 Å². The molecule has 0 bridgehead atoms. The van der Waals surface area contributed by atoms with Gasteiger partial charge in [-0.3, -0.25) is 9.59 Å². The number of carbonyl (C=O) groups excluding carboxylic acids is 2. The zero-order chi connectivity index (χ0) is 21.2. The van der Waals surface area contributed by atoms with Crippen molar-refractivity contribution in [3.63, 3.8) is 0 Å². The molecule has 4 aromatic rings. The molecule has 0 unspecified atom stereocenters. The molecule has 1 fully saturated rings. The largest absolute Gasteiger partial charge is 0.451 e. The van der Waals surface area contributed by atoms with Gasteiger partial charge in [-0.25, -0.2) is 0 Å². The zero-order valence-corrected chi connectivity index (χ0v) is 16.6. The van der Waals surface area contributed by atoms with Gasteiger partial charge < -0.3 is 15.1 Å². The summed E-state index contributed by atoms with van der Waals surface area (Å²) in [5, 5.41) is 18.6. The van der Waals surface area contributed by atoms with Gasteiger partial charge >= 0.3 is 0 Å². The molecule has 156 valence electrons. The van der Waals surface area contributed by atoms with E-state index in [4.69, 9.17) is 4.42 Å². The maximum Gasteiger partial charge on any atom is 0.293 e. The predicted molar refractivity (Wildman–Crippen MR) is 113 cm³/mol. The number of hydrogen-bond acceptors (Lipinski definition) is 6. The van der Waals surface area contributed by atoms with Crippen LogP contribution in [0.4, 0.5) is 5.69 Å². The van der Waals surface area contributed by atoms with Crippen LogP contribution < -0.4 is 10.6 Å². The van der Waals surface area contributed by atoms with Crippen molar-refractivity contribution in [2.24, 2.45) is 0 Å². The van der Waals surface area contributed by atoms with E-state index >= 15 is 0 Å². The molecule has 0 spiro atoms. The number of amides is 2. The molecule has 0 saturated heterocycles. The number of furan rings is 1. The van der Waals surface area contributed by atoms with Gasteiger partial charge in [0.1, 0.15) is 5.58 Å². The fourth-order valence-corrected chi connectivity index (χ4v) is 3.70. The number of nitrogens with one attached hydrogen (secondary N) is 2. The highest BCUT2D eigenvalue weighted by Crippen LogP contribution is 2.21. The van der Waals surface area contributed by atoms with E-state index in [0.717, 1.165) is 31.1 Å². The van der Waals surface area contributed by atoms with Crippen molar-refractivity contribution in [2.75, 3.05) is 5.32 Å². The third-order valence-electron chi connectivity index (χ3n) is 5.31. The molecule has 5 rings (SSSR count). The second kappa shape index (κ2) is 8.02. The molecule has 1 aliphatic rings. The fraction of sp³-hybridized carbons (Fsp3) is 0.227. The van der Waals surface area contributed by atoms with E-state index in [1.165, 1.54) is 4.80 Å². The van der Waals surface area contributed by atoms with Crippen molar-refractivity contribution in [3.05, 3.63) is 66.2 Å². The predicted octanol–water partition coefficient (Wildman–Crippen LogP) is 3.33. The monoisotopic (exact) mass is 416 g/mol. The van der Waals surface area contributed by atoms with E-state index in [-0.39, 0.29) is 29.4 Å². The smallest absolute Gasteiger partial charge is 0.293 e. The van der Waals surface area contributed by atoms with Crippen molar-refractivity contribution >= 4 is 28.5 Å². The molecular formula is C22H20N6O3. The maximum atomic E-state index is 12.5. The number of nitrogens with zero attached hydrogens (tertiary/aromatic N) is 4. The number of carbonyl (C=O) groups is 2. The minimum atomic E-state index is -0.339. The minimum Gasteiger partial charge on any atom is -0.451 e. The lowest BCUT2D eigenvalue weighted by molar-refractivity contribution is 0.0926. The van der Waals surface area contributed by atoms with Crippen molar-refractivity contribution < 1.29 is 14.0 Å². The number of aromatic nitrogens is 4. The molecule has 2 N–H and O–H groups in total. The third kappa shape index (κ3) is 4.02. The first-order valence-corrected chi connectivity index (χ1v) is 10.2. The van der Waals surface area contributed by atoms with Gasteiger partial charge in [0.05, 0.1) is 5.69 Å². The molecule has 9 nitrogen and oxygen atoms in total. The summed E-state index contributed by atoms with van der Waals surface area (Å²) in [6.07, 6.45) is 4.23. The first-order chi connectivity index (χ1) is 15.2. The number of para-hydroxylation sites is 1. The molecule has 0 atom stereocenters. The molecule has 2 aromatic heterocycles. The average Bonchev–Trinajstić information content (AvgIpc) is 3.54. The Morgan fingerprint density at radius 3 is 2.55 bits per heavy atom. The van der Waals surface area contributed by atoms with Gasteiger partial charge in [-0.1, -0.05) is 31.0 Å². The Balaban J connectivity index is 1.25. The average molecular weight is 416 g/mol. The highest BCUT2D eigenvalue weighted by molar-refractivity contribution is 6.04. The summed E-state index contributed by atoms with van der Waals surface area (Å²) in [5.74, 6) is -0.378. The normalized spacial score (nSPS) is 14.1.